The van der Waals surface area contributed by atoms with Crippen molar-refractivity contribution in [2.24, 2.45) is 11.8 Å². The van der Waals surface area contributed by atoms with Crippen LogP contribution >= 0.6 is 11.3 Å². The smallest absolute Gasteiger partial charge is 0.231 e. The Morgan fingerprint density at radius 1 is 1.24 bits per heavy atom. The molecule has 2 aromatic heterocycles. The third-order valence-electron chi connectivity index (χ3n) is 4.22. The third kappa shape index (κ3) is 2.32. The minimum atomic E-state index is 0.102. The zero-order chi connectivity index (χ0) is 14.2. The van der Waals surface area contributed by atoms with Crippen LogP contribution in [0.1, 0.15) is 5.01 Å². The zero-order valence-corrected chi connectivity index (χ0v) is 12.2. The fraction of sp³-hybridized carbons (Fsp3) is 0.429. The number of likely N-dealkylation sites (tertiary alicyclic amines) is 1. The molecule has 0 aliphatic carbocycles. The van der Waals surface area contributed by atoms with E-state index in [1.807, 2.05) is 16.5 Å². The normalized spacial score (nSPS) is 25.5. The number of thiazole rings is 1. The van der Waals surface area contributed by atoms with E-state index < -0.39 is 0 Å². The molecule has 0 aromatic carbocycles. The van der Waals surface area contributed by atoms with E-state index in [4.69, 9.17) is 0 Å². The van der Waals surface area contributed by atoms with Crippen LogP contribution in [0.4, 0.5) is 5.69 Å². The van der Waals surface area contributed by atoms with Crippen LogP contribution in [0.5, 0.6) is 0 Å². The van der Waals surface area contributed by atoms with Gasteiger partial charge in [-0.1, -0.05) is 0 Å². The molecule has 2 aliphatic heterocycles. The number of carbonyl (C=O) groups is 1. The summed E-state index contributed by atoms with van der Waals surface area (Å²) < 4.78 is 0. The number of fused-ring (bicyclic) bond motifs is 1. The lowest BCUT2D eigenvalue weighted by Crippen LogP contribution is -2.32. The SMILES string of the molecule is O=C1[C@H]2CN(Cc3nccs3)C[C@H]2CN1c1cncnc1. The monoisotopic (exact) mass is 301 g/mol. The number of carbonyl (C=O) groups excluding carboxylic acids is 1. The van der Waals surface area contributed by atoms with Gasteiger partial charge in [0.1, 0.15) is 11.3 Å². The standard InChI is InChI=1S/C14H15N5OS/c20-14-12-7-18(8-13-17-1-2-21-13)5-10(12)6-19(14)11-3-15-9-16-4-11/h1-4,9-10,12H,5-8H2/t10-,12-/m0/s1. The Kier molecular flexibility index (Phi) is 3.16. The van der Waals surface area contributed by atoms with Crippen molar-refractivity contribution in [1.29, 1.82) is 0 Å². The van der Waals surface area contributed by atoms with Crippen LogP contribution in [0, 0.1) is 11.8 Å². The number of hydrogen-bond acceptors (Lipinski definition) is 6. The summed E-state index contributed by atoms with van der Waals surface area (Å²) in [6.45, 7) is 3.41. The Bertz CT molecular complexity index is 632. The topological polar surface area (TPSA) is 62.2 Å². The molecule has 7 heteroatoms. The maximum absolute atomic E-state index is 12.6. The Labute approximate surface area is 126 Å². The second kappa shape index (κ2) is 5.16. The molecule has 2 atom stereocenters. The molecule has 2 aromatic rings. The molecule has 2 fully saturated rings. The molecule has 0 bridgehead atoms. The van der Waals surface area contributed by atoms with E-state index in [0.29, 0.717) is 5.92 Å². The van der Waals surface area contributed by atoms with Crippen molar-refractivity contribution in [3.05, 3.63) is 35.3 Å². The van der Waals surface area contributed by atoms with Crippen LogP contribution in [0.25, 0.3) is 0 Å². The molecular formula is C14H15N5OS. The second-order valence-corrected chi connectivity index (χ2v) is 6.51. The summed E-state index contributed by atoms with van der Waals surface area (Å²) in [5.74, 6) is 0.708. The van der Waals surface area contributed by atoms with Gasteiger partial charge in [-0.15, -0.1) is 11.3 Å². The summed E-state index contributed by atoms with van der Waals surface area (Å²) in [4.78, 5) is 29.1. The molecule has 21 heavy (non-hydrogen) atoms. The van der Waals surface area contributed by atoms with Crippen molar-refractivity contribution in [1.82, 2.24) is 19.9 Å². The van der Waals surface area contributed by atoms with Gasteiger partial charge >= 0.3 is 0 Å². The van der Waals surface area contributed by atoms with Gasteiger partial charge in [-0.2, -0.15) is 0 Å². The highest BCUT2D eigenvalue weighted by Gasteiger charge is 2.46. The molecule has 0 N–H and O–H groups in total. The Balaban J connectivity index is 1.45. The molecule has 4 rings (SSSR count). The molecule has 2 aliphatic rings. The number of anilines is 1. The first kappa shape index (κ1) is 12.8. The first-order chi connectivity index (χ1) is 10.3. The molecular weight excluding hydrogens is 286 g/mol. The Hall–Kier alpha value is -1.86. The van der Waals surface area contributed by atoms with Crippen molar-refractivity contribution >= 4 is 22.9 Å². The molecule has 0 spiro atoms. The number of aromatic nitrogens is 3. The molecule has 4 heterocycles. The Morgan fingerprint density at radius 3 is 2.81 bits per heavy atom. The van der Waals surface area contributed by atoms with E-state index in [1.165, 1.54) is 6.33 Å². The quantitative estimate of drug-likeness (QED) is 0.847. The van der Waals surface area contributed by atoms with Gasteiger partial charge in [-0.3, -0.25) is 9.69 Å². The molecule has 0 saturated carbocycles. The highest BCUT2D eigenvalue weighted by atomic mass is 32.1. The van der Waals surface area contributed by atoms with Crippen molar-refractivity contribution in [2.75, 3.05) is 24.5 Å². The van der Waals surface area contributed by atoms with E-state index in [9.17, 15) is 4.79 Å². The molecule has 0 unspecified atom stereocenters. The second-order valence-electron chi connectivity index (χ2n) is 5.53. The molecule has 1 amide bonds. The predicted octanol–water partition coefficient (Wildman–Crippen LogP) is 1.03. The van der Waals surface area contributed by atoms with Crippen LogP contribution in [-0.4, -0.2) is 45.4 Å². The predicted molar refractivity (Wildman–Crippen MR) is 78.8 cm³/mol. The van der Waals surface area contributed by atoms with Crippen LogP contribution in [0.15, 0.2) is 30.3 Å². The molecule has 0 radical (unpaired) electrons. The lowest BCUT2D eigenvalue weighted by molar-refractivity contribution is -0.120. The minimum Gasteiger partial charge on any atom is -0.309 e. The largest absolute Gasteiger partial charge is 0.309 e. The summed E-state index contributed by atoms with van der Waals surface area (Å²) in [5, 5.41) is 3.12. The Morgan fingerprint density at radius 2 is 2.10 bits per heavy atom. The third-order valence-corrected chi connectivity index (χ3v) is 4.98. The summed E-state index contributed by atoms with van der Waals surface area (Å²) in [6, 6.07) is 0. The van der Waals surface area contributed by atoms with Crippen LogP contribution < -0.4 is 4.90 Å². The van der Waals surface area contributed by atoms with Crippen molar-refractivity contribution in [2.45, 2.75) is 6.54 Å². The molecule has 2 saturated heterocycles. The summed E-state index contributed by atoms with van der Waals surface area (Å²) >= 11 is 1.67. The number of amides is 1. The van der Waals surface area contributed by atoms with Crippen LogP contribution in [0.3, 0.4) is 0 Å². The van der Waals surface area contributed by atoms with E-state index in [1.54, 1.807) is 23.7 Å². The molecule has 6 nitrogen and oxygen atoms in total. The maximum atomic E-state index is 12.6. The van der Waals surface area contributed by atoms with Gasteiger partial charge < -0.3 is 4.90 Å². The highest BCUT2D eigenvalue weighted by Crippen LogP contribution is 2.35. The molecule has 108 valence electrons. The van der Waals surface area contributed by atoms with Gasteiger partial charge in [0.05, 0.1) is 30.5 Å². The van der Waals surface area contributed by atoms with Gasteiger partial charge in [0.2, 0.25) is 5.91 Å². The van der Waals surface area contributed by atoms with Crippen LogP contribution in [-0.2, 0) is 11.3 Å². The van der Waals surface area contributed by atoms with Crippen molar-refractivity contribution < 1.29 is 4.79 Å². The van der Waals surface area contributed by atoms with E-state index in [0.717, 1.165) is 36.9 Å². The summed E-state index contributed by atoms with van der Waals surface area (Å²) in [7, 11) is 0. The van der Waals surface area contributed by atoms with Gasteiger partial charge in [-0.05, 0) is 0 Å². The van der Waals surface area contributed by atoms with E-state index >= 15 is 0 Å². The van der Waals surface area contributed by atoms with Gasteiger partial charge in [0.25, 0.3) is 0 Å². The lowest BCUT2D eigenvalue weighted by Gasteiger charge is -2.20. The highest BCUT2D eigenvalue weighted by molar-refractivity contribution is 7.09. The average molecular weight is 301 g/mol. The number of nitrogens with zero attached hydrogens (tertiary/aromatic N) is 5. The van der Waals surface area contributed by atoms with Crippen molar-refractivity contribution in [3.8, 4) is 0 Å². The van der Waals surface area contributed by atoms with Gasteiger partial charge in [0, 0.05) is 37.1 Å². The maximum Gasteiger partial charge on any atom is 0.231 e. The number of rotatable bonds is 3. The minimum absolute atomic E-state index is 0.102. The average Bonchev–Trinajstić information content (AvgIpc) is 3.20. The van der Waals surface area contributed by atoms with Gasteiger partial charge in [0.15, 0.2) is 0 Å². The fourth-order valence-corrected chi connectivity index (χ4v) is 3.92. The van der Waals surface area contributed by atoms with Gasteiger partial charge in [-0.25, -0.2) is 15.0 Å². The van der Waals surface area contributed by atoms with E-state index in [2.05, 4.69) is 19.9 Å². The first-order valence-electron chi connectivity index (χ1n) is 6.98. The van der Waals surface area contributed by atoms with Crippen molar-refractivity contribution in [3.63, 3.8) is 0 Å². The first-order valence-corrected chi connectivity index (χ1v) is 7.86. The van der Waals surface area contributed by atoms with Crippen LogP contribution in [0.2, 0.25) is 0 Å². The van der Waals surface area contributed by atoms with E-state index in [-0.39, 0.29) is 11.8 Å². The summed E-state index contributed by atoms with van der Waals surface area (Å²) in [5.41, 5.74) is 0.809. The summed E-state index contributed by atoms with van der Waals surface area (Å²) in [6.07, 6.45) is 6.73. The zero-order valence-electron chi connectivity index (χ0n) is 11.4. The lowest BCUT2D eigenvalue weighted by atomic mass is 10.0. The number of hydrogen-bond donors (Lipinski definition) is 0. The fourth-order valence-electron chi connectivity index (χ4n) is 3.26.